The maximum absolute atomic E-state index is 8.69. The van der Waals surface area contributed by atoms with Crippen LogP contribution in [-0.2, 0) is 13.0 Å². The van der Waals surface area contributed by atoms with Crippen LogP contribution in [0.15, 0.2) is 23.4 Å². The van der Waals surface area contributed by atoms with Crippen LogP contribution in [0.4, 0.5) is 0 Å². The molecule has 3 N–H and O–H groups in total. The highest BCUT2D eigenvalue weighted by molar-refractivity contribution is 6.31. The Morgan fingerprint density at radius 1 is 1.43 bits per heavy atom. The molecule has 1 aromatic carbocycles. The molecule has 112 valence electrons. The molecule has 6 heteroatoms. The van der Waals surface area contributed by atoms with E-state index in [9.17, 15) is 0 Å². The van der Waals surface area contributed by atoms with E-state index in [0.717, 1.165) is 23.4 Å². The van der Waals surface area contributed by atoms with Crippen molar-refractivity contribution in [3.05, 3.63) is 51.3 Å². The summed E-state index contributed by atoms with van der Waals surface area (Å²) in [6, 6.07) is 5.35. The molecular weight excluding hydrogens is 288 g/mol. The van der Waals surface area contributed by atoms with Crippen LogP contribution in [0.25, 0.3) is 0 Å². The molecule has 0 aliphatic carbocycles. The zero-order valence-electron chi connectivity index (χ0n) is 12.4. The minimum atomic E-state index is 0.0443. The number of oxime groups is 1. The molecule has 0 aliphatic rings. The Kier molecular flexibility index (Phi) is 4.53. The molecule has 0 amide bonds. The summed E-state index contributed by atoms with van der Waals surface area (Å²) in [7, 11) is 0. The van der Waals surface area contributed by atoms with Gasteiger partial charge in [-0.1, -0.05) is 35.8 Å². The molecule has 0 saturated heterocycles. The molecule has 0 fully saturated rings. The van der Waals surface area contributed by atoms with Gasteiger partial charge in [-0.15, -0.1) is 0 Å². The predicted octanol–water partition coefficient (Wildman–Crippen LogP) is 2.86. The number of amidine groups is 1. The summed E-state index contributed by atoms with van der Waals surface area (Å²) in [5, 5.41) is 16.8. The van der Waals surface area contributed by atoms with Crippen molar-refractivity contribution in [2.24, 2.45) is 10.9 Å². The number of aryl methyl sites for hydroxylation is 1. The zero-order valence-corrected chi connectivity index (χ0v) is 13.1. The van der Waals surface area contributed by atoms with E-state index in [0.29, 0.717) is 17.1 Å². The molecule has 2 aromatic rings. The second-order valence-electron chi connectivity index (χ2n) is 4.95. The van der Waals surface area contributed by atoms with E-state index < -0.39 is 0 Å². The first-order valence-corrected chi connectivity index (χ1v) is 7.14. The summed E-state index contributed by atoms with van der Waals surface area (Å²) >= 11 is 6.28. The number of rotatable bonds is 4. The van der Waals surface area contributed by atoms with E-state index in [2.05, 4.69) is 24.1 Å². The van der Waals surface area contributed by atoms with E-state index in [-0.39, 0.29) is 5.84 Å². The van der Waals surface area contributed by atoms with E-state index >= 15 is 0 Å². The fraction of sp³-hybridized carbons (Fsp3) is 0.333. The van der Waals surface area contributed by atoms with Crippen molar-refractivity contribution in [1.82, 2.24) is 9.78 Å². The Morgan fingerprint density at radius 3 is 2.67 bits per heavy atom. The second kappa shape index (κ2) is 6.18. The normalized spacial score (nSPS) is 11.9. The second-order valence-corrected chi connectivity index (χ2v) is 5.36. The van der Waals surface area contributed by atoms with E-state index in [1.807, 2.05) is 17.7 Å². The highest BCUT2D eigenvalue weighted by atomic mass is 35.5. The number of aromatic nitrogens is 2. The SMILES string of the molecule is CCc1c(C)nn(Cc2ccc(/C(N)=N/O)cc2Cl)c1C. The maximum atomic E-state index is 8.69. The van der Waals surface area contributed by atoms with Crippen LogP contribution < -0.4 is 5.73 Å². The van der Waals surface area contributed by atoms with Gasteiger partial charge in [0, 0.05) is 16.3 Å². The molecule has 1 aromatic heterocycles. The van der Waals surface area contributed by atoms with Crippen molar-refractivity contribution < 1.29 is 5.21 Å². The average molecular weight is 307 g/mol. The number of halogens is 1. The van der Waals surface area contributed by atoms with Gasteiger partial charge in [-0.05, 0) is 37.5 Å². The third-order valence-electron chi connectivity index (χ3n) is 3.66. The van der Waals surface area contributed by atoms with Gasteiger partial charge in [-0.25, -0.2) is 0 Å². The molecule has 0 aliphatic heterocycles. The van der Waals surface area contributed by atoms with Gasteiger partial charge >= 0.3 is 0 Å². The molecule has 2 rings (SSSR count). The fourth-order valence-electron chi connectivity index (χ4n) is 2.45. The predicted molar refractivity (Wildman–Crippen MR) is 84.1 cm³/mol. The largest absolute Gasteiger partial charge is 0.409 e. The van der Waals surface area contributed by atoms with Crippen LogP contribution in [0.5, 0.6) is 0 Å². The summed E-state index contributed by atoms with van der Waals surface area (Å²) < 4.78 is 1.96. The van der Waals surface area contributed by atoms with Crippen molar-refractivity contribution >= 4 is 17.4 Å². The number of hydrogen-bond acceptors (Lipinski definition) is 3. The molecule has 21 heavy (non-hydrogen) atoms. The van der Waals surface area contributed by atoms with Gasteiger partial charge in [0.05, 0.1) is 12.2 Å². The Balaban J connectivity index is 2.32. The van der Waals surface area contributed by atoms with Gasteiger partial charge in [0.1, 0.15) is 0 Å². The fourth-order valence-corrected chi connectivity index (χ4v) is 2.69. The lowest BCUT2D eigenvalue weighted by molar-refractivity contribution is 0.318. The van der Waals surface area contributed by atoms with Gasteiger partial charge < -0.3 is 10.9 Å². The summed E-state index contributed by atoms with van der Waals surface area (Å²) in [6.07, 6.45) is 0.966. The molecule has 0 spiro atoms. The Labute approximate surface area is 129 Å². The lowest BCUT2D eigenvalue weighted by atomic mass is 10.1. The average Bonchev–Trinajstić information content (AvgIpc) is 2.74. The minimum Gasteiger partial charge on any atom is -0.409 e. The van der Waals surface area contributed by atoms with Crippen molar-refractivity contribution in [2.75, 3.05) is 0 Å². The number of hydrogen-bond donors (Lipinski definition) is 2. The highest BCUT2D eigenvalue weighted by Crippen LogP contribution is 2.21. The molecule has 0 bridgehead atoms. The quantitative estimate of drug-likeness (QED) is 0.395. The van der Waals surface area contributed by atoms with E-state index in [1.165, 1.54) is 5.56 Å². The standard InChI is InChI=1S/C15H19ClN4O/c1-4-13-9(2)18-20(10(13)3)8-12-6-5-11(7-14(12)16)15(17)19-21/h5-7,21H,4,8H2,1-3H3,(H2,17,19). The first kappa shape index (κ1) is 15.4. The third kappa shape index (κ3) is 3.03. The van der Waals surface area contributed by atoms with Crippen LogP contribution >= 0.6 is 11.6 Å². The van der Waals surface area contributed by atoms with Crippen molar-refractivity contribution in [3.63, 3.8) is 0 Å². The third-order valence-corrected chi connectivity index (χ3v) is 4.01. The Bertz CT molecular complexity index is 691. The monoisotopic (exact) mass is 306 g/mol. The van der Waals surface area contributed by atoms with Crippen molar-refractivity contribution in [3.8, 4) is 0 Å². The van der Waals surface area contributed by atoms with Crippen LogP contribution in [0.2, 0.25) is 5.02 Å². The first-order valence-electron chi connectivity index (χ1n) is 6.77. The molecule has 0 saturated carbocycles. The van der Waals surface area contributed by atoms with Crippen LogP contribution in [0.1, 0.15) is 35.0 Å². The summed E-state index contributed by atoms with van der Waals surface area (Å²) in [6.45, 7) is 6.81. The van der Waals surface area contributed by atoms with Crippen molar-refractivity contribution in [1.29, 1.82) is 0 Å². The van der Waals surface area contributed by atoms with E-state index in [1.54, 1.807) is 12.1 Å². The van der Waals surface area contributed by atoms with Crippen molar-refractivity contribution in [2.45, 2.75) is 33.7 Å². The molecule has 1 heterocycles. The topological polar surface area (TPSA) is 76.4 Å². The smallest absolute Gasteiger partial charge is 0.170 e. The molecule has 5 nitrogen and oxygen atoms in total. The lowest BCUT2D eigenvalue weighted by Gasteiger charge is -2.09. The van der Waals surface area contributed by atoms with Gasteiger partial charge in [0.2, 0.25) is 0 Å². The van der Waals surface area contributed by atoms with Gasteiger partial charge in [0.15, 0.2) is 5.84 Å². The zero-order chi connectivity index (χ0) is 15.6. The Morgan fingerprint density at radius 2 is 2.14 bits per heavy atom. The summed E-state index contributed by atoms with van der Waals surface area (Å²) in [4.78, 5) is 0. The Hall–Kier alpha value is -2.01. The summed E-state index contributed by atoms with van der Waals surface area (Å²) in [5.74, 6) is 0.0443. The highest BCUT2D eigenvalue weighted by Gasteiger charge is 2.12. The van der Waals surface area contributed by atoms with Crippen LogP contribution in [-0.4, -0.2) is 20.8 Å². The van der Waals surface area contributed by atoms with Gasteiger partial charge in [-0.2, -0.15) is 5.10 Å². The number of nitrogens with zero attached hydrogens (tertiary/aromatic N) is 3. The maximum Gasteiger partial charge on any atom is 0.170 e. The number of nitrogens with two attached hydrogens (primary N) is 1. The minimum absolute atomic E-state index is 0.0443. The molecule has 0 unspecified atom stereocenters. The van der Waals surface area contributed by atoms with E-state index in [4.69, 9.17) is 22.5 Å². The van der Waals surface area contributed by atoms with Gasteiger partial charge in [0.25, 0.3) is 0 Å². The van der Waals surface area contributed by atoms with Crippen LogP contribution in [0, 0.1) is 13.8 Å². The van der Waals surface area contributed by atoms with Crippen LogP contribution in [0.3, 0.4) is 0 Å². The molecule has 0 atom stereocenters. The molecule has 0 radical (unpaired) electrons. The number of benzene rings is 1. The molecular formula is C15H19ClN4O. The lowest BCUT2D eigenvalue weighted by Crippen LogP contribution is -2.13. The summed E-state index contributed by atoms with van der Waals surface area (Å²) in [5.41, 5.74) is 10.6. The first-order chi connectivity index (χ1) is 9.97. The van der Waals surface area contributed by atoms with Gasteiger partial charge in [-0.3, -0.25) is 4.68 Å².